The minimum absolute atomic E-state index is 0.0538. The summed E-state index contributed by atoms with van der Waals surface area (Å²) in [6.07, 6.45) is 0.934. The maximum absolute atomic E-state index is 13.6. The molecule has 5 nitrogen and oxygen atoms in total. The van der Waals surface area contributed by atoms with Gasteiger partial charge in [0, 0.05) is 0 Å². The summed E-state index contributed by atoms with van der Waals surface area (Å²) in [7, 11) is -3.82. The number of rotatable bonds is 5. The summed E-state index contributed by atoms with van der Waals surface area (Å²) in [6, 6.07) is 9.08. The number of benzene rings is 2. The number of carbonyl (C=O) groups excluding carboxylic acids is 1. The minimum Gasteiger partial charge on any atom is -0.322 e. The smallest absolute Gasteiger partial charge is 0.248 e. The zero-order valence-corrected chi connectivity index (χ0v) is 13.8. The zero-order valence-electron chi connectivity index (χ0n) is 13.0. The summed E-state index contributed by atoms with van der Waals surface area (Å²) in [4.78, 5) is 12.3. The van der Waals surface area contributed by atoms with Crippen molar-refractivity contribution < 1.29 is 22.0 Å². The molecule has 2 aromatic carbocycles. The van der Waals surface area contributed by atoms with Crippen molar-refractivity contribution in [2.24, 2.45) is 0 Å². The van der Waals surface area contributed by atoms with E-state index in [9.17, 15) is 22.0 Å². The van der Waals surface area contributed by atoms with Gasteiger partial charge in [-0.1, -0.05) is 12.1 Å². The van der Waals surface area contributed by atoms with E-state index in [4.69, 9.17) is 0 Å². The van der Waals surface area contributed by atoms with Crippen molar-refractivity contribution in [3.8, 4) is 0 Å². The molecule has 0 saturated heterocycles. The molecule has 0 bridgehead atoms. The number of anilines is 2. The van der Waals surface area contributed by atoms with Gasteiger partial charge in [-0.15, -0.1) is 0 Å². The molecular weight excluding hydrogens is 338 g/mol. The number of sulfonamides is 1. The Morgan fingerprint density at radius 3 is 2.21 bits per heavy atom. The fourth-order valence-electron chi connectivity index (χ4n) is 2.20. The molecule has 1 N–H and O–H groups in total. The van der Waals surface area contributed by atoms with Gasteiger partial charge in [0.2, 0.25) is 15.9 Å². The lowest BCUT2D eigenvalue weighted by atomic mass is 10.2. The molecule has 0 unspecified atom stereocenters. The molecule has 0 radical (unpaired) electrons. The Labute approximate surface area is 139 Å². The van der Waals surface area contributed by atoms with Gasteiger partial charge in [-0.25, -0.2) is 17.2 Å². The highest BCUT2D eigenvalue weighted by Crippen LogP contribution is 2.22. The number of hydrogen-bond donors (Lipinski definition) is 1. The predicted molar refractivity (Wildman–Crippen MR) is 88.2 cm³/mol. The van der Waals surface area contributed by atoms with Gasteiger partial charge in [-0.3, -0.25) is 9.10 Å². The third-order valence-corrected chi connectivity index (χ3v) is 4.54. The monoisotopic (exact) mass is 354 g/mol. The average Bonchev–Trinajstić information content (AvgIpc) is 2.50. The van der Waals surface area contributed by atoms with E-state index in [1.807, 2.05) is 0 Å². The van der Waals surface area contributed by atoms with E-state index in [1.54, 1.807) is 0 Å². The van der Waals surface area contributed by atoms with Gasteiger partial charge in [0.15, 0.2) is 0 Å². The molecule has 0 fully saturated rings. The van der Waals surface area contributed by atoms with E-state index < -0.39 is 33.6 Å². The molecule has 8 heteroatoms. The molecule has 1 atom stereocenters. The van der Waals surface area contributed by atoms with Crippen molar-refractivity contribution in [1.82, 2.24) is 0 Å². The predicted octanol–water partition coefficient (Wildman–Crippen LogP) is 2.76. The van der Waals surface area contributed by atoms with Gasteiger partial charge in [0.1, 0.15) is 17.7 Å². The summed E-state index contributed by atoms with van der Waals surface area (Å²) >= 11 is 0. The average molecular weight is 354 g/mol. The molecule has 0 aliphatic heterocycles. The summed E-state index contributed by atoms with van der Waals surface area (Å²) in [5.74, 6) is -1.88. The number of carbonyl (C=O) groups is 1. The van der Waals surface area contributed by atoms with Crippen LogP contribution in [0, 0.1) is 11.6 Å². The van der Waals surface area contributed by atoms with Crippen LogP contribution in [0.1, 0.15) is 6.92 Å². The van der Waals surface area contributed by atoms with Gasteiger partial charge in [0.05, 0.1) is 17.6 Å². The summed E-state index contributed by atoms with van der Waals surface area (Å²) in [6.45, 7) is 1.36. The van der Waals surface area contributed by atoms with Crippen LogP contribution in [0.4, 0.5) is 20.2 Å². The quantitative estimate of drug-likeness (QED) is 0.898. The van der Waals surface area contributed by atoms with Crippen LogP contribution in [0.2, 0.25) is 0 Å². The van der Waals surface area contributed by atoms with Crippen LogP contribution in [0.3, 0.4) is 0 Å². The summed E-state index contributed by atoms with van der Waals surface area (Å²) in [5.41, 5.74) is 0.0805. The normalized spacial score (nSPS) is 12.5. The van der Waals surface area contributed by atoms with Crippen molar-refractivity contribution in [2.45, 2.75) is 13.0 Å². The molecule has 0 heterocycles. The topological polar surface area (TPSA) is 66.5 Å². The highest BCUT2D eigenvalue weighted by Gasteiger charge is 2.29. The Morgan fingerprint density at radius 2 is 1.67 bits per heavy atom. The van der Waals surface area contributed by atoms with Gasteiger partial charge < -0.3 is 5.32 Å². The highest BCUT2D eigenvalue weighted by atomic mass is 32.2. The molecule has 0 aliphatic rings. The van der Waals surface area contributed by atoms with Crippen molar-refractivity contribution in [3.63, 3.8) is 0 Å². The van der Waals surface area contributed by atoms with E-state index in [2.05, 4.69) is 5.32 Å². The number of nitrogens with one attached hydrogen (secondary N) is 1. The molecule has 1 amide bonds. The summed E-state index contributed by atoms with van der Waals surface area (Å²) in [5, 5.41) is 2.35. The second kappa shape index (κ2) is 6.96. The lowest BCUT2D eigenvalue weighted by molar-refractivity contribution is -0.116. The fourth-order valence-corrected chi connectivity index (χ4v) is 3.37. The second-order valence-electron chi connectivity index (χ2n) is 5.18. The van der Waals surface area contributed by atoms with Crippen LogP contribution in [-0.4, -0.2) is 26.6 Å². The van der Waals surface area contributed by atoms with E-state index in [1.165, 1.54) is 43.3 Å². The van der Waals surface area contributed by atoms with E-state index in [0.29, 0.717) is 0 Å². The van der Waals surface area contributed by atoms with Gasteiger partial charge in [0.25, 0.3) is 0 Å². The number of halogens is 2. The van der Waals surface area contributed by atoms with Gasteiger partial charge in [-0.05, 0) is 43.3 Å². The Balaban J connectivity index is 2.31. The van der Waals surface area contributed by atoms with Crippen LogP contribution in [0.25, 0.3) is 0 Å². The standard InChI is InChI=1S/C16H16F2N2O3S/c1-11(16(21)19-15-6-4-3-5-14(15)18)20(24(2,22)23)13-9-7-12(17)8-10-13/h3-11H,1-2H3,(H,19,21)/t11-/m0/s1. The number of nitrogens with zero attached hydrogens (tertiary/aromatic N) is 1. The van der Waals surface area contributed by atoms with Crippen molar-refractivity contribution in [2.75, 3.05) is 15.9 Å². The SMILES string of the molecule is C[C@@H](C(=O)Nc1ccccc1F)N(c1ccc(F)cc1)S(C)(=O)=O. The first-order chi connectivity index (χ1) is 11.2. The molecule has 128 valence electrons. The Kier molecular flexibility index (Phi) is 5.18. The third kappa shape index (κ3) is 4.08. The second-order valence-corrected chi connectivity index (χ2v) is 7.04. The zero-order chi connectivity index (χ0) is 17.9. The third-order valence-electron chi connectivity index (χ3n) is 3.30. The fraction of sp³-hybridized carbons (Fsp3) is 0.188. The number of hydrogen-bond acceptors (Lipinski definition) is 3. The highest BCUT2D eigenvalue weighted by molar-refractivity contribution is 7.92. The molecule has 2 rings (SSSR count). The molecule has 0 aliphatic carbocycles. The minimum atomic E-state index is -3.82. The van der Waals surface area contributed by atoms with E-state index in [0.717, 1.165) is 22.7 Å². The largest absolute Gasteiger partial charge is 0.322 e. The number of amides is 1. The first-order valence-corrected chi connectivity index (χ1v) is 8.85. The van der Waals surface area contributed by atoms with E-state index in [-0.39, 0.29) is 11.4 Å². The Bertz CT molecular complexity index is 839. The molecule has 24 heavy (non-hydrogen) atoms. The summed E-state index contributed by atoms with van der Waals surface area (Å²) < 4.78 is 51.6. The van der Waals surface area contributed by atoms with E-state index >= 15 is 0 Å². The lowest BCUT2D eigenvalue weighted by Gasteiger charge is -2.28. The first-order valence-electron chi connectivity index (χ1n) is 7.00. The van der Waals surface area contributed by atoms with Gasteiger partial charge >= 0.3 is 0 Å². The van der Waals surface area contributed by atoms with Crippen LogP contribution in [0.5, 0.6) is 0 Å². The first kappa shape index (κ1) is 17.9. The molecule has 0 aromatic heterocycles. The maximum Gasteiger partial charge on any atom is 0.248 e. The van der Waals surface area contributed by atoms with Crippen LogP contribution >= 0.6 is 0 Å². The Morgan fingerprint density at radius 1 is 1.08 bits per heavy atom. The molecule has 0 saturated carbocycles. The molecular formula is C16H16F2N2O3S. The maximum atomic E-state index is 13.6. The van der Waals surface area contributed by atoms with Crippen LogP contribution in [-0.2, 0) is 14.8 Å². The lowest BCUT2D eigenvalue weighted by Crippen LogP contribution is -2.45. The van der Waals surface area contributed by atoms with Crippen molar-refractivity contribution in [3.05, 3.63) is 60.2 Å². The molecule has 0 spiro atoms. The van der Waals surface area contributed by atoms with Crippen LogP contribution in [0.15, 0.2) is 48.5 Å². The molecule has 2 aromatic rings. The van der Waals surface area contributed by atoms with Gasteiger partial charge in [-0.2, -0.15) is 0 Å². The van der Waals surface area contributed by atoms with Crippen molar-refractivity contribution >= 4 is 27.3 Å². The van der Waals surface area contributed by atoms with Crippen LogP contribution < -0.4 is 9.62 Å². The number of para-hydroxylation sites is 1. The Hall–Kier alpha value is -2.48. The van der Waals surface area contributed by atoms with Crippen molar-refractivity contribution in [1.29, 1.82) is 0 Å².